The summed E-state index contributed by atoms with van der Waals surface area (Å²) in [5.74, 6) is 0.325. The van der Waals surface area contributed by atoms with E-state index >= 15 is 0 Å². The van der Waals surface area contributed by atoms with E-state index in [1.807, 2.05) is 35.2 Å². The van der Waals surface area contributed by atoms with Crippen molar-refractivity contribution in [1.82, 2.24) is 10.2 Å². The zero-order valence-electron chi connectivity index (χ0n) is 12.7. The van der Waals surface area contributed by atoms with Crippen molar-refractivity contribution in [3.8, 4) is 5.75 Å². The third-order valence-corrected chi connectivity index (χ3v) is 3.72. The topological polar surface area (TPSA) is 84.7 Å². The minimum Gasteiger partial charge on any atom is -0.492 e. The highest BCUT2D eigenvalue weighted by atomic mass is 16.5. The van der Waals surface area contributed by atoms with E-state index in [0.29, 0.717) is 13.2 Å². The first kappa shape index (κ1) is 16.3. The molecule has 120 valence electrons. The highest BCUT2D eigenvalue weighted by Gasteiger charge is 2.28. The molecule has 22 heavy (non-hydrogen) atoms. The minimum atomic E-state index is -0.347. The van der Waals surface area contributed by atoms with Crippen LogP contribution in [0.5, 0.6) is 5.75 Å². The van der Waals surface area contributed by atoms with Crippen LogP contribution >= 0.6 is 0 Å². The summed E-state index contributed by atoms with van der Waals surface area (Å²) in [4.78, 5) is 25.2. The van der Waals surface area contributed by atoms with Gasteiger partial charge in [0.1, 0.15) is 12.4 Å². The van der Waals surface area contributed by atoms with Crippen molar-refractivity contribution in [2.24, 2.45) is 5.73 Å². The van der Waals surface area contributed by atoms with Gasteiger partial charge in [-0.1, -0.05) is 24.6 Å². The number of likely N-dealkylation sites (tertiary alicyclic amines) is 1. The van der Waals surface area contributed by atoms with Crippen molar-refractivity contribution >= 4 is 11.8 Å². The molecule has 1 heterocycles. The molecule has 0 aromatic heterocycles. The molecule has 1 fully saturated rings. The normalized spacial score (nSPS) is 18.6. The molecule has 3 N–H and O–H groups in total. The molecule has 1 saturated heterocycles. The Morgan fingerprint density at radius 1 is 1.27 bits per heavy atom. The van der Waals surface area contributed by atoms with Crippen LogP contribution in [0.15, 0.2) is 30.3 Å². The number of primary amides is 1. The van der Waals surface area contributed by atoms with E-state index in [-0.39, 0.29) is 24.4 Å². The summed E-state index contributed by atoms with van der Waals surface area (Å²) in [7, 11) is 0. The molecule has 0 radical (unpaired) electrons. The molecule has 0 saturated carbocycles. The number of para-hydroxylation sites is 1. The molecule has 1 aliphatic rings. The predicted molar refractivity (Wildman–Crippen MR) is 83.4 cm³/mol. The van der Waals surface area contributed by atoms with Crippen LogP contribution < -0.4 is 15.8 Å². The Balaban J connectivity index is 1.67. The molecule has 1 aromatic rings. The predicted octanol–water partition coefficient (Wildman–Crippen LogP) is 0.521. The van der Waals surface area contributed by atoms with Crippen LogP contribution in [0.4, 0.5) is 0 Å². The third-order valence-electron chi connectivity index (χ3n) is 3.72. The number of rotatable bonds is 7. The molecule has 0 bridgehead atoms. The molecule has 1 aliphatic heterocycles. The summed E-state index contributed by atoms with van der Waals surface area (Å²) in [6, 6.07) is 9.13. The van der Waals surface area contributed by atoms with Gasteiger partial charge < -0.3 is 15.8 Å². The summed E-state index contributed by atoms with van der Waals surface area (Å²) in [6.07, 6.45) is 2.71. The van der Waals surface area contributed by atoms with Crippen LogP contribution in [-0.2, 0) is 9.59 Å². The number of amides is 2. The Hall–Kier alpha value is -2.08. The monoisotopic (exact) mass is 305 g/mol. The second-order valence-electron chi connectivity index (χ2n) is 5.40. The van der Waals surface area contributed by atoms with Crippen LogP contribution in [-0.4, -0.2) is 49.0 Å². The van der Waals surface area contributed by atoms with Crippen LogP contribution in [0, 0.1) is 0 Å². The molecule has 2 amide bonds. The maximum Gasteiger partial charge on any atom is 0.234 e. The van der Waals surface area contributed by atoms with Crippen LogP contribution in [0.3, 0.4) is 0 Å². The van der Waals surface area contributed by atoms with Gasteiger partial charge in [-0.25, -0.2) is 0 Å². The van der Waals surface area contributed by atoms with E-state index in [1.165, 1.54) is 0 Å². The first-order valence-corrected chi connectivity index (χ1v) is 7.65. The lowest BCUT2D eigenvalue weighted by Gasteiger charge is -2.32. The van der Waals surface area contributed by atoms with Crippen molar-refractivity contribution in [2.45, 2.75) is 25.3 Å². The number of hydrogen-bond acceptors (Lipinski definition) is 4. The number of hydrogen-bond donors (Lipinski definition) is 2. The van der Waals surface area contributed by atoms with Crippen molar-refractivity contribution in [3.63, 3.8) is 0 Å². The van der Waals surface area contributed by atoms with E-state index in [9.17, 15) is 9.59 Å². The molecular formula is C16H23N3O3. The van der Waals surface area contributed by atoms with Crippen molar-refractivity contribution in [3.05, 3.63) is 30.3 Å². The number of carbonyl (C=O) groups is 2. The smallest absolute Gasteiger partial charge is 0.234 e. The Kier molecular flexibility index (Phi) is 6.21. The van der Waals surface area contributed by atoms with Gasteiger partial charge in [-0.15, -0.1) is 0 Å². The fraction of sp³-hybridized carbons (Fsp3) is 0.500. The van der Waals surface area contributed by atoms with Crippen molar-refractivity contribution < 1.29 is 14.3 Å². The van der Waals surface area contributed by atoms with Gasteiger partial charge in [0.25, 0.3) is 0 Å². The Labute approximate surface area is 130 Å². The standard InChI is InChI=1S/C16H23N3O3/c17-16(21)14-8-4-5-10-19(14)12-15(20)18-9-11-22-13-6-2-1-3-7-13/h1-3,6-7,14H,4-5,8-12H2,(H2,17,21)(H,18,20)/t14-/m0/s1. The molecule has 2 rings (SSSR count). The molecule has 6 heteroatoms. The molecule has 0 spiro atoms. The molecule has 1 aromatic carbocycles. The summed E-state index contributed by atoms with van der Waals surface area (Å²) in [5, 5.41) is 2.80. The van der Waals surface area contributed by atoms with Gasteiger partial charge in [0.15, 0.2) is 0 Å². The van der Waals surface area contributed by atoms with Crippen LogP contribution in [0.25, 0.3) is 0 Å². The minimum absolute atomic E-state index is 0.107. The number of nitrogens with one attached hydrogen (secondary N) is 1. The zero-order valence-corrected chi connectivity index (χ0v) is 12.7. The van der Waals surface area contributed by atoms with E-state index < -0.39 is 0 Å². The van der Waals surface area contributed by atoms with Gasteiger partial charge >= 0.3 is 0 Å². The van der Waals surface area contributed by atoms with Gasteiger partial charge in [0, 0.05) is 0 Å². The molecule has 0 aliphatic carbocycles. The first-order valence-electron chi connectivity index (χ1n) is 7.65. The third kappa shape index (κ3) is 5.04. The van der Waals surface area contributed by atoms with Gasteiger partial charge in [-0.3, -0.25) is 14.5 Å². The lowest BCUT2D eigenvalue weighted by Crippen LogP contribution is -2.51. The summed E-state index contributed by atoms with van der Waals surface area (Å²) >= 11 is 0. The Bertz CT molecular complexity index is 493. The Morgan fingerprint density at radius 2 is 2.05 bits per heavy atom. The molecule has 6 nitrogen and oxygen atoms in total. The number of piperidine rings is 1. The number of ether oxygens (including phenoxy) is 1. The fourth-order valence-corrected chi connectivity index (χ4v) is 2.62. The maximum atomic E-state index is 11.9. The van der Waals surface area contributed by atoms with Gasteiger partial charge in [0.05, 0.1) is 19.1 Å². The van der Waals surface area contributed by atoms with Crippen molar-refractivity contribution in [2.75, 3.05) is 26.2 Å². The molecule has 1 atom stereocenters. The second kappa shape index (κ2) is 8.38. The average molecular weight is 305 g/mol. The largest absolute Gasteiger partial charge is 0.492 e. The number of benzene rings is 1. The first-order chi connectivity index (χ1) is 10.7. The fourth-order valence-electron chi connectivity index (χ4n) is 2.62. The quantitative estimate of drug-likeness (QED) is 0.719. The highest BCUT2D eigenvalue weighted by molar-refractivity contribution is 5.82. The number of nitrogens with two attached hydrogens (primary N) is 1. The van der Waals surface area contributed by atoms with Gasteiger partial charge in [-0.2, -0.15) is 0 Å². The highest BCUT2D eigenvalue weighted by Crippen LogP contribution is 2.16. The molecule has 0 unspecified atom stereocenters. The van der Waals surface area contributed by atoms with Gasteiger partial charge in [-0.05, 0) is 31.5 Å². The second-order valence-corrected chi connectivity index (χ2v) is 5.40. The summed E-state index contributed by atoms with van der Waals surface area (Å²) in [6.45, 7) is 1.79. The van der Waals surface area contributed by atoms with E-state index in [0.717, 1.165) is 31.6 Å². The summed E-state index contributed by atoms with van der Waals surface area (Å²) < 4.78 is 5.50. The van der Waals surface area contributed by atoms with Crippen LogP contribution in [0.2, 0.25) is 0 Å². The lowest BCUT2D eigenvalue weighted by atomic mass is 10.0. The molecular weight excluding hydrogens is 282 g/mol. The van der Waals surface area contributed by atoms with Crippen LogP contribution in [0.1, 0.15) is 19.3 Å². The Morgan fingerprint density at radius 3 is 2.77 bits per heavy atom. The number of nitrogens with zero attached hydrogens (tertiary/aromatic N) is 1. The van der Waals surface area contributed by atoms with Gasteiger partial charge in [0.2, 0.25) is 11.8 Å². The average Bonchev–Trinajstić information content (AvgIpc) is 2.53. The lowest BCUT2D eigenvalue weighted by molar-refractivity contribution is -0.128. The maximum absolute atomic E-state index is 11.9. The SMILES string of the molecule is NC(=O)[C@@H]1CCCCN1CC(=O)NCCOc1ccccc1. The number of carbonyl (C=O) groups excluding carboxylic acids is 2. The zero-order chi connectivity index (χ0) is 15.8. The summed E-state index contributed by atoms with van der Waals surface area (Å²) in [5.41, 5.74) is 5.39. The van der Waals surface area contributed by atoms with E-state index in [4.69, 9.17) is 10.5 Å². The van der Waals surface area contributed by atoms with E-state index in [2.05, 4.69) is 5.32 Å². The van der Waals surface area contributed by atoms with E-state index in [1.54, 1.807) is 0 Å². The van der Waals surface area contributed by atoms with Crippen molar-refractivity contribution in [1.29, 1.82) is 0 Å².